The van der Waals surface area contributed by atoms with Crippen molar-refractivity contribution in [1.82, 2.24) is 20.0 Å². The van der Waals surface area contributed by atoms with Gasteiger partial charge in [0.1, 0.15) is 6.04 Å². The molecule has 136 valence electrons. The summed E-state index contributed by atoms with van der Waals surface area (Å²) < 4.78 is 1.77. The zero-order valence-corrected chi connectivity index (χ0v) is 14.8. The highest BCUT2D eigenvalue weighted by Gasteiger charge is 2.43. The van der Waals surface area contributed by atoms with Gasteiger partial charge < -0.3 is 10.2 Å². The van der Waals surface area contributed by atoms with E-state index >= 15 is 0 Å². The number of urea groups is 1. The molecule has 3 amide bonds. The first-order valence-corrected chi connectivity index (χ1v) is 9.03. The molecule has 0 aliphatic carbocycles. The molecule has 0 bridgehead atoms. The summed E-state index contributed by atoms with van der Waals surface area (Å²) in [5.74, 6) is -0.114. The molecule has 0 saturated carbocycles. The maximum absolute atomic E-state index is 12.9. The molecule has 2 fully saturated rings. The first-order valence-electron chi connectivity index (χ1n) is 9.03. The number of hydrogen-bond acceptors (Lipinski definition) is 4. The number of carbonyl (C=O) groups excluding carboxylic acids is 2. The second kappa shape index (κ2) is 6.82. The molecule has 1 aromatic carbocycles. The van der Waals surface area contributed by atoms with Crippen molar-refractivity contribution in [3.8, 4) is 0 Å². The highest BCUT2D eigenvalue weighted by molar-refractivity contribution is 6.04. The number of amides is 3. The number of piperidine rings is 1. The maximum atomic E-state index is 12.9. The lowest BCUT2D eigenvalue weighted by molar-refractivity contribution is -0.129. The van der Waals surface area contributed by atoms with Gasteiger partial charge in [-0.3, -0.25) is 14.4 Å². The summed E-state index contributed by atoms with van der Waals surface area (Å²) in [6, 6.07) is 8.95. The Balaban J connectivity index is 1.46. The van der Waals surface area contributed by atoms with Gasteiger partial charge in [0.15, 0.2) is 0 Å². The van der Waals surface area contributed by atoms with E-state index in [1.54, 1.807) is 4.68 Å². The SMILES string of the molecule is Cn1cc(N2CCC[C@H](N3C(=O)N[C@@H](Cc4ccccc4)C3=O)C2)cn1. The summed E-state index contributed by atoms with van der Waals surface area (Å²) in [6.07, 6.45) is 6.10. The number of hydrogen-bond donors (Lipinski definition) is 1. The number of benzene rings is 1. The van der Waals surface area contributed by atoms with Crippen molar-refractivity contribution in [2.75, 3.05) is 18.0 Å². The van der Waals surface area contributed by atoms with Gasteiger partial charge in [0.05, 0.1) is 17.9 Å². The van der Waals surface area contributed by atoms with Crippen LogP contribution in [0.25, 0.3) is 0 Å². The Morgan fingerprint density at radius 2 is 2.04 bits per heavy atom. The van der Waals surface area contributed by atoms with E-state index in [1.807, 2.05) is 49.8 Å². The van der Waals surface area contributed by atoms with Crippen LogP contribution in [0.4, 0.5) is 10.5 Å². The Morgan fingerprint density at radius 3 is 2.77 bits per heavy atom. The van der Waals surface area contributed by atoms with Crippen LogP contribution >= 0.6 is 0 Å². The van der Waals surface area contributed by atoms with Gasteiger partial charge in [0.25, 0.3) is 5.91 Å². The Kier molecular flexibility index (Phi) is 4.36. The highest BCUT2D eigenvalue weighted by Crippen LogP contribution is 2.25. The molecule has 2 aromatic rings. The Bertz CT molecular complexity index is 803. The van der Waals surface area contributed by atoms with Crippen LogP contribution in [0.3, 0.4) is 0 Å². The second-order valence-corrected chi connectivity index (χ2v) is 7.01. The monoisotopic (exact) mass is 353 g/mol. The zero-order chi connectivity index (χ0) is 18.1. The van der Waals surface area contributed by atoms with E-state index in [2.05, 4.69) is 15.3 Å². The average molecular weight is 353 g/mol. The Morgan fingerprint density at radius 1 is 1.23 bits per heavy atom. The lowest BCUT2D eigenvalue weighted by atomic mass is 10.0. The van der Waals surface area contributed by atoms with E-state index in [1.165, 1.54) is 4.90 Å². The van der Waals surface area contributed by atoms with Gasteiger partial charge in [-0.15, -0.1) is 0 Å². The van der Waals surface area contributed by atoms with Gasteiger partial charge in [0, 0.05) is 32.8 Å². The topological polar surface area (TPSA) is 70.5 Å². The third kappa shape index (κ3) is 3.16. The largest absolute Gasteiger partial charge is 0.367 e. The number of anilines is 1. The molecular weight excluding hydrogens is 330 g/mol. The molecule has 2 aliphatic heterocycles. The van der Waals surface area contributed by atoms with E-state index in [4.69, 9.17) is 0 Å². The van der Waals surface area contributed by atoms with Crippen LogP contribution in [0, 0.1) is 0 Å². The fourth-order valence-corrected chi connectivity index (χ4v) is 3.85. The van der Waals surface area contributed by atoms with Crippen LogP contribution in [0.15, 0.2) is 42.7 Å². The van der Waals surface area contributed by atoms with Crippen LogP contribution in [0.2, 0.25) is 0 Å². The van der Waals surface area contributed by atoms with Crippen LogP contribution in [-0.2, 0) is 18.3 Å². The van der Waals surface area contributed by atoms with Crippen molar-refractivity contribution < 1.29 is 9.59 Å². The molecule has 1 N–H and O–H groups in total. The fraction of sp³-hybridized carbons (Fsp3) is 0.421. The predicted molar refractivity (Wildman–Crippen MR) is 97.8 cm³/mol. The summed E-state index contributed by atoms with van der Waals surface area (Å²) in [7, 11) is 1.89. The predicted octanol–water partition coefficient (Wildman–Crippen LogP) is 1.55. The lowest BCUT2D eigenvalue weighted by Crippen LogP contribution is -2.50. The highest BCUT2D eigenvalue weighted by atomic mass is 16.2. The number of nitrogens with one attached hydrogen (secondary N) is 1. The first-order chi connectivity index (χ1) is 12.6. The minimum absolute atomic E-state index is 0.0998. The quantitative estimate of drug-likeness (QED) is 0.847. The first kappa shape index (κ1) is 16.6. The van der Waals surface area contributed by atoms with E-state index in [9.17, 15) is 9.59 Å². The minimum atomic E-state index is -0.473. The third-order valence-corrected chi connectivity index (χ3v) is 5.15. The molecule has 2 atom stereocenters. The van der Waals surface area contributed by atoms with Gasteiger partial charge in [-0.05, 0) is 18.4 Å². The number of rotatable bonds is 4. The van der Waals surface area contributed by atoms with Gasteiger partial charge in [-0.1, -0.05) is 30.3 Å². The van der Waals surface area contributed by atoms with Crippen molar-refractivity contribution in [2.24, 2.45) is 7.05 Å². The minimum Gasteiger partial charge on any atom is -0.367 e. The number of imide groups is 1. The van der Waals surface area contributed by atoms with Crippen LogP contribution < -0.4 is 10.2 Å². The Hall–Kier alpha value is -2.83. The maximum Gasteiger partial charge on any atom is 0.325 e. The van der Waals surface area contributed by atoms with Crippen LogP contribution in [0.1, 0.15) is 18.4 Å². The van der Waals surface area contributed by atoms with Crippen molar-refractivity contribution in [2.45, 2.75) is 31.3 Å². The molecule has 4 rings (SSSR count). The van der Waals surface area contributed by atoms with E-state index in [-0.39, 0.29) is 18.0 Å². The van der Waals surface area contributed by atoms with Crippen molar-refractivity contribution in [3.05, 3.63) is 48.3 Å². The third-order valence-electron chi connectivity index (χ3n) is 5.15. The van der Waals surface area contributed by atoms with Crippen LogP contribution in [-0.4, -0.2) is 51.8 Å². The van der Waals surface area contributed by atoms with E-state index in [0.29, 0.717) is 13.0 Å². The summed E-state index contributed by atoms with van der Waals surface area (Å²) in [5.41, 5.74) is 2.08. The summed E-state index contributed by atoms with van der Waals surface area (Å²) in [4.78, 5) is 29.0. The molecular formula is C19H23N5O2. The molecule has 3 heterocycles. The van der Waals surface area contributed by atoms with Gasteiger partial charge in [0.2, 0.25) is 0 Å². The van der Waals surface area contributed by atoms with Crippen molar-refractivity contribution >= 4 is 17.6 Å². The molecule has 7 heteroatoms. The van der Waals surface area contributed by atoms with Gasteiger partial charge in [-0.2, -0.15) is 5.10 Å². The fourth-order valence-electron chi connectivity index (χ4n) is 3.85. The summed E-state index contributed by atoms with van der Waals surface area (Å²) in [6.45, 7) is 1.57. The van der Waals surface area contributed by atoms with Crippen molar-refractivity contribution in [3.63, 3.8) is 0 Å². The molecule has 0 unspecified atom stereocenters. The number of aryl methyl sites for hydroxylation is 1. The molecule has 0 spiro atoms. The van der Waals surface area contributed by atoms with Crippen molar-refractivity contribution in [1.29, 1.82) is 0 Å². The molecule has 0 radical (unpaired) electrons. The molecule has 1 aromatic heterocycles. The standard InChI is InChI=1S/C19H23N5O2/c1-22-12-16(11-20-22)23-9-5-8-15(13-23)24-18(25)17(21-19(24)26)10-14-6-3-2-4-7-14/h2-4,6-7,11-12,15,17H,5,8-10,13H2,1H3,(H,21,26)/t15-,17-/m0/s1. The number of aromatic nitrogens is 2. The van der Waals surface area contributed by atoms with E-state index in [0.717, 1.165) is 30.6 Å². The summed E-state index contributed by atoms with van der Waals surface area (Å²) >= 11 is 0. The van der Waals surface area contributed by atoms with Gasteiger partial charge in [-0.25, -0.2) is 4.79 Å². The molecule has 2 saturated heterocycles. The van der Waals surface area contributed by atoms with Crippen LogP contribution in [0.5, 0.6) is 0 Å². The van der Waals surface area contributed by atoms with E-state index < -0.39 is 6.04 Å². The lowest BCUT2D eigenvalue weighted by Gasteiger charge is -2.36. The smallest absolute Gasteiger partial charge is 0.325 e. The Labute approximate surface area is 152 Å². The summed E-state index contributed by atoms with van der Waals surface area (Å²) in [5, 5.41) is 7.08. The molecule has 26 heavy (non-hydrogen) atoms. The number of carbonyl (C=O) groups is 2. The second-order valence-electron chi connectivity index (χ2n) is 7.01. The van der Waals surface area contributed by atoms with Gasteiger partial charge >= 0.3 is 6.03 Å². The molecule has 7 nitrogen and oxygen atoms in total. The average Bonchev–Trinajstić information content (AvgIpc) is 3.20. The number of nitrogens with zero attached hydrogens (tertiary/aromatic N) is 4. The normalized spacial score (nSPS) is 23.4. The zero-order valence-electron chi connectivity index (χ0n) is 14.8. The molecule has 2 aliphatic rings.